The van der Waals surface area contributed by atoms with E-state index in [2.05, 4.69) is 55.4 Å². The third kappa shape index (κ3) is 7.03. The van der Waals surface area contributed by atoms with Crippen molar-refractivity contribution in [2.24, 2.45) is 0 Å². The Balaban J connectivity index is 3.25. The average Bonchev–Trinajstić information content (AvgIpc) is 2.55. The van der Waals surface area contributed by atoms with Crippen LogP contribution in [0, 0.1) is 0 Å². The van der Waals surface area contributed by atoms with Gasteiger partial charge in [0.2, 0.25) is 0 Å². The van der Waals surface area contributed by atoms with Crippen molar-refractivity contribution in [2.45, 2.75) is 94.6 Å². The fraction of sp³-hybridized carbons (Fsp3) is 0.750. The predicted octanol–water partition coefficient (Wildman–Crippen LogP) is 7.75. The molecule has 1 rings (SSSR count). The molecule has 0 fully saturated rings. The van der Waals surface area contributed by atoms with Gasteiger partial charge in [0.05, 0.1) is 8.42 Å². The van der Waals surface area contributed by atoms with Crippen molar-refractivity contribution < 1.29 is 0 Å². The first-order valence-electron chi connectivity index (χ1n) is 7.54. The van der Waals surface area contributed by atoms with Crippen LogP contribution in [0.4, 0.5) is 0 Å². The molecular weight excluding hydrogens is 353 g/mol. The second kappa shape index (κ2) is 9.41. The minimum Gasteiger partial charge on any atom is -0.120 e. The lowest BCUT2D eigenvalue weighted by atomic mass is 10.6. The fourth-order valence-electron chi connectivity index (χ4n) is 1.62. The SMILES string of the molecule is CC(C)Sc1sc(SC(C)C)c(SC(C)C)c1SC(C)C. The van der Waals surface area contributed by atoms with Gasteiger partial charge in [0.15, 0.2) is 0 Å². The maximum Gasteiger partial charge on any atom is 0.0761 e. The van der Waals surface area contributed by atoms with Gasteiger partial charge in [-0.1, -0.05) is 55.4 Å². The number of thiophene rings is 1. The number of hydrogen-bond acceptors (Lipinski definition) is 5. The summed E-state index contributed by atoms with van der Waals surface area (Å²) in [6.45, 7) is 18.3. The minimum absolute atomic E-state index is 0.634. The number of hydrogen-bond donors (Lipinski definition) is 0. The molecule has 0 radical (unpaired) electrons. The highest BCUT2D eigenvalue weighted by molar-refractivity contribution is 8.07. The zero-order chi connectivity index (χ0) is 16.2. The lowest BCUT2D eigenvalue weighted by molar-refractivity contribution is 1.05. The van der Waals surface area contributed by atoms with Gasteiger partial charge >= 0.3 is 0 Å². The van der Waals surface area contributed by atoms with Crippen LogP contribution in [0.25, 0.3) is 0 Å². The smallest absolute Gasteiger partial charge is 0.0761 e. The summed E-state index contributed by atoms with van der Waals surface area (Å²) in [6.07, 6.45) is 0. The van der Waals surface area contributed by atoms with Crippen LogP contribution in [0.5, 0.6) is 0 Å². The Morgan fingerprint density at radius 1 is 0.524 bits per heavy atom. The Hall–Kier alpha value is 1.10. The van der Waals surface area contributed by atoms with Crippen molar-refractivity contribution in [3.63, 3.8) is 0 Å². The molecule has 1 aromatic heterocycles. The molecule has 1 heterocycles. The third-order valence-electron chi connectivity index (χ3n) is 2.16. The van der Waals surface area contributed by atoms with Crippen molar-refractivity contribution in [2.75, 3.05) is 0 Å². The zero-order valence-electron chi connectivity index (χ0n) is 14.4. The lowest BCUT2D eigenvalue weighted by Gasteiger charge is -2.13. The molecule has 0 spiro atoms. The van der Waals surface area contributed by atoms with Gasteiger partial charge in [-0.3, -0.25) is 0 Å². The molecule has 0 saturated heterocycles. The number of thioether (sulfide) groups is 4. The van der Waals surface area contributed by atoms with Gasteiger partial charge in [-0.2, -0.15) is 0 Å². The highest BCUT2D eigenvalue weighted by Gasteiger charge is 2.23. The van der Waals surface area contributed by atoms with Crippen LogP contribution in [-0.4, -0.2) is 21.0 Å². The van der Waals surface area contributed by atoms with Crippen LogP contribution in [0.2, 0.25) is 0 Å². The third-order valence-corrected chi connectivity index (χ3v) is 8.67. The van der Waals surface area contributed by atoms with Gasteiger partial charge in [-0.05, 0) is 0 Å². The largest absolute Gasteiger partial charge is 0.120 e. The molecule has 0 aliphatic carbocycles. The summed E-state index contributed by atoms with van der Waals surface area (Å²) in [5, 5.41) is 2.55. The summed E-state index contributed by atoms with van der Waals surface area (Å²) >= 11 is 10.1. The summed E-state index contributed by atoms with van der Waals surface area (Å²) in [5.74, 6) is 0. The molecule has 0 atom stereocenters. The van der Waals surface area contributed by atoms with Crippen molar-refractivity contribution in [1.82, 2.24) is 0 Å². The van der Waals surface area contributed by atoms with E-state index < -0.39 is 0 Å². The normalized spacial score (nSPS) is 12.4. The van der Waals surface area contributed by atoms with Crippen LogP contribution < -0.4 is 0 Å². The fourth-order valence-corrected chi connectivity index (χ4v) is 8.87. The summed E-state index contributed by atoms with van der Waals surface area (Å²) in [7, 11) is 0. The van der Waals surface area contributed by atoms with Gasteiger partial charge in [-0.15, -0.1) is 58.4 Å². The average molecular weight is 381 g/mol. The maximum absolute atomic E-state index is 2.30. The molecule has 0 aliphatic heterocycles. The monoisotopic (exact) mass is 380 g/mol. The maximum atomic E-state index is 2.30. The zero-order valence-corrected chi connectivity index (χ0v) is 18.4. The summed E-state index contributed by atoms with van der Waals surface area (Å²) in [4.78, 5) is 3.08. The molecule has 0 amide bonds. The molecule has 122 valence electrons. The van der Waals surface area contributed by atoms with E-state index in [1.54, 1.807) is 0 Å². The Morgan fingerprint density at radius 3 is 1.05 bits per heavy atom. The van der Waals surface area contributed by atoms with E-state index in [4.69, 9.17) is 0 Å². The van der Waals surface area contributed by atoms with E-state index >= 15 is 0 Å². The van der Waals surface area contributed by atoms with Crippen LogP contribution in [-0.2, 0) is 0 Å². The first-order chi connectivity index (χ1) is 9.70. The second-order valence-corrected chi connectivity index (χ2v) is 13.9. The van der Waals surface area contributed by atoms with E-state index in [0.29, 0.717) is 21.0 Å². The summed E-state index contributed by atoms with van der Waals surface area (Å²) in [5.41, 5.74) is 0. The number of rotatable bonds is 8. The van der Waals surface area contributed by atoms with Gasteiger partial charge in [0, 0.05) is 30.8 Å². The van der Waals surface area contributed by atoms with Gasteiger partial charge in [0.1, 0.15) is 0 Å². The standard InChI is InChI=1S/C16H28S5/c1-9(2)17-13-14(18-10(3)4)16(20-12(7)8)21-15(13)19-11(5)6/h9-12H,1-8H3. The quantitative estimate of drug-likeness (QED) is 0.422. The lowest BCUT2D eigenvalue weighted by Crippen LogP contribution is -1.93. The Labute approximate surface area is 152 Å². The molecule has 0 N–H and O–H groups in total. The molecule has 0 bridgehead atoms. The van der Waals surface area contributed by atoms with Crippen LogP contribution in [0.1, 0.15) is 55.4 Å². The minimum atomic E-state index is 0.634. The molecule has 5 heteroatoms. The topological polar surface area (TPSA) is 0 Å². The Kier molecular flexibility index (Phi) is 9.03. The van der Waals surface area contributed by atoms with Crippen LogP contribution in [0.3, 0.4) is 0 Å². The molecule has 0 aromatic carbocycles. The molecule has 0 aliphatic rings. The first-order valence-corrected chi connectivity index (χ1v) is 11.9. The molecule has 1 aromatic rings. The van der Waals surface area contributed by atoms with Gasteiger partial charge in [-0.25, -0.2) is 0 Å². The van der Waals surface area contributed by atoms with E-state index in [1.807, 2.05) is 58.4 Å². The highest BCUT2D eigenvalue weighted by Crippen LogP contribution is 2.53. The molecule has 21 heavy (non-hydrogen) atoms. The second-order valence-electron chi connectivity index (χ2n) is 6.00. The summed E-state index contributed by atoms with van der Waals surface area (Å²) < 4.78 is 3.05. The Bertz CT molecular complexity index is 394. The molecule has 0 saturated carbocycles. The summed E-state index contributed by atoms with van der Waals surface area (Å²) in [6, 6.07) is 0. The first kappa shape index (κ1) is 20.1. The van der Waals surface area contributed by atoms with E-state index in [1.165, 1.54) is 18.2 Å². The van der Waals surface area contributed by atoms with Crippen molar-refractivity contribution in [1.29, 1.82) is 0 Å². The van der Waals surface area contributed by atoms with Gasteiger partial charge in [0.25, 0.3) is 0 Å². The van der Waals surface area contributed by atoms with Crippen LogP contribution in [0.15, 0.2) is 18.2 Å². The van der Waals surface area contributed by atoms with E-state index in [0.717, 1.165) is 0 Å². The predicted molar refractivity (Wildman–Crippen MR) is 108 cm³/mol. The molecule has 0 nitrogen and oxygen atoms in total. The van der Waals surface area contributed by atoms with Gasteiger partial charge < -0.3 is 0 Å². The van der Waals surface area contributed by atoms with Crippen molar-refractivity contribution in [3.05, 3.63) is 0 Å². The van der Waals surface area contributed by atoms with E-state index in [9.17, 15) is 0 Å². The molecule has 0 unspecified atom stereocenters. The van der Waals surface area contributed by atoms with Crippen molar-refractivity contribution in [3.8, 4) is 0 Å². The molecular formula is C16H28S5. The van der Waals surface area contributed by atoms with E-state index in [-0.39, 0.29) is 0 Å². The van der Waals surface area contributed by atoms with Crippen molar-refractivity contribution >= 4 is 58.4 Å². The Morgan fingerprint density at radius 2 is 0.810 bits per heavy atom. The van der Waals surface area contributed by atoms with Crippen LogP contribution >= 0.6 is 58.4 Å². The highest BCUT2D eigenvalue weighted by atomic mass is 32.2.